The summed E-state index contributed by atoms with van der Waals surface area (Å²) in [6.07, 6.45) is 5.37. The number of carbonyl (C=O) groups excluding carboxylic acids is 2. The molecule has 0 fully saturated rings. The highest BCUT2D eigenvalue weighted by molar-refractivity contribution is 5.94. The van der Waals surface area contributed by atoms with Crippen molar-refractivity contribution in [3.05, 3.63) is 216 Å². The van der Waals surface area contributed by atoms with Gasteiger partial charge in [0, 0.05) is 62.3 Å². The van der Waals surface area contributed by atoms with Crippen LogP contribution in [0.5, 0.6) is 0 Å². The Morgan fingerprint density at radius 2 is 0.607 bits per heavy atom. The lowest BCUT2D eigenvalue weighted by atomic mass is 10.0. The van der Waals surface area contributed by atoms with Gasteiger partial charge in [0.2, 0.25) is 0 Å². The van der Waals surface area contributed by atoms with Gasteiger partial charge in [-0.3, -0.25) is 9.59 Å². The highest BCUT2D eigenvalue weighted by Crippen LogP contribution is 2.21. The Kier molecular flexibility index (Phi) is 11.1. The number of allylic oxidation sites excluding steroid dienone is 4. The van der Waals surface area contributed by atoms with Crippen molar-refractivity contribution in [2.75, 3.05) is 13.1 Å². The first-order valence-corrected chi connectivity index (χ1v) is 19.4. The molecule has 0 aliphatic carbocycles. The predicted octanol–water partition coefficient (Wildman–Crippen LogP) is 10.7. The van der Waals surface area contributed by atoms with Gasteiger partial charge in [0.25, 0.3) is 0 Å². The predicted molar refractivity (Wildman–Crippen MR) is 233 cm³/mol. The van der Waals surface area contributed by atoms with E-state index >= 15 is 0 Å². The highest BCUT2D eigenvalue weighted by Gasteiger charge is 2.10. The second-order valence-electron chi connectivity index (χ2n) is 14.6. The van der Waals surface area contributed by atoms with Gasteiger partial charge in [0.15, 0.2) is 11.6 Å². The van der Waals surface area contributed by atoms with Gasteiger partial charge in [0.05, 0.1) is 0 Å². The molecule has 274 valence electrons. The SMILES string of the molecule is O=C(/C=C(/Cc1ccc2ccccc2c1)NCCN/C(=C\C(=O)Cc1ccc2ccccc2c1)Cc1ccc2ccccc2c1)Cc1ccc2ccccc2c1. The van der Waals surface area contributed by atoms with Crippen LogP contribution in [0.2, 0.25) is 0 Å². The fraction of sp³-hybridized carbons (Fsp3) is 0.115. The summed E-state index contributed by atoms with van der Waals surface area (Å²) in [6.45, 7) is 1.13. The number of hydrogen-bond donors (Lipinski definition) is 2. The fourth-order valence-corrected chi connectivity index (χ4v) is 7.50. The molecule has 8 aromatic rings. The molecule has 0 aromatic heterocycles. The largest absolute Gasteiger partial charge is 0.386 e. The van der Waals surface area contributed by atoms with Gasteiger partial charge >= 0.3 is 0 Å². The molecule has 8 aromatic carbocycles. The molecular weight excluding hydrogens is 685 g/mol. The van der Waals surface area contributed by atoms with E-state index in [-0.39, 0.29) is 11.6 Å². The first-order valence-electron chi connectivity index (χ1n) is 19.4. The van der Waals surface area contributed by atoms with E-state index in [1.165, 1.54) is 21.5 Å². The smallest absolute Gasteiger partial charge is 0.161 e. The topological polar surface area (TPSA) is 58.2 Å². The van der Waals surface area contributed by atoms with Crippen molar-refractivity contribution >= 4 is 54.7 Å². The van der Waals surface area contributed by atoms with E-state index in [2.05, 4.69) is 132 Å². The van der Waals surface area contributed by atoms with Gasteiger partial charge in [-0.25, -0.2) is 0 Å². The van der Waals surface area contributed by atoms with Gasteiger partial charge in [0.1, 0.15) is 0 Å². The van der Waals surface area contributed by atoms with Crippen LogP contribution in [0.25, 0.3) is 43.1 Å². The molecule has 8 rings (SSSR count). The van der Waals surface area contributed by atoms with Crippen LogP contribution in [0.1, 0.15) is 22.3 Å². The molecule has 0 spiro atoms. The van der Waals surface area contributed by atoms with E-state index in [9.17, 15) is 9.59 Å². The number of ketones is 2. The molecule has 0 saturated heterocycles. The summed E-state index contributed by atoms with van der Waals surface area (Å²) >= 11 is 0. The van der Waals surface area contributed by atoms with Crippen LogP contribution in [-0.2, 0) is 35.3 Å². The summed E-state index contributed by atoms with van der Waals surface area (Å²) in [4.78, 5) is 27.1. The van der Waals surface area contributed by atoms with Crippen molar-refractivity contribution in [1.29, 1.82) is 0 Å². The lowest BCUT2D eigenvalue weighted by molar-refractivity contribution is -0.114. The normalized spacial score (nSPS) is 12.0. The Labute approximate surface area is 328 Å². The molecule has 4 heteroatoms. The van der Waals surface area contributed by atoms with Crippen molar-refractivity contribution in [2.24, 2.45) is 0 Å². The summed E-state index contributed by atoms with van der Waals surface area (Å²) in [5, 5.41) is 16.5. The Morgan fingerprint density at radius 3 is 0.911 bits per heavy atom. The Bertz CT molecular complexity index is 2570. The minimum absolute atomic E-state index is 0.0488. The van der Waals surface area contributed by atoms with E-state index in [0.29, 0.717) is 38.8 Å². The van der Waals surface area contributed by atoms with Gasteiger partial charge in [-0.2, -0.15) is 0 Å². The van der Waals surface area contributed by atoms with E-state index in [4.69, 9.17) is 0 Å². The number of fused-ring (bicyclic) bond motifs is 4. The molecule has 0 aliphatic rings. The van der Waals surface area contributed by atoms with E-state index in [0.717, 1.165) is 55.2 Å². The number of rotatable bonds is 15. The first-order chi connectivity index (χ1) is 27.5. The van der Waals surface area contributed by atoms with E-state index < -0.39 is 0 Å². The standard InChI is InChI=1S/C52H44N2O2/c55-51(33-39-19-23-43-11-3-7-15-47(43)29-39)35-49(31-37-17-21-41-9-1-5-13-45(41)27-37)53-25-26-54-50(32-38-18-22-42-10-2-6-14-46(42)28-38)36-52(56)34-40-20-24-44-12-4-8-16-48(44)30-40/h1-24,27-30,35-36,53-54H,25-26,31-34H2/b49-35-,50-36-. The zero-order valence-corrected chi connectivity index (χ0v) is 31.4. The summed E-state index contributed by atoms with van der Waals surface area (Å²) in [6, 6.07) is 58.5. The van der Waals surface area contributed by atoms with Crippen LogP contribution in [0.4, 0.5) is 0 Å². The first kappa shape index (κ1) is 36.2. The average Bonchev–Trinajstić information content (AvgIpc) is 3.22. The lowest BCUT2D eigenvalue weighted by Gasteiger charge is -2.15. The molecule has 0 aliphatic heterocycles. The van der Waals surface area contributed by atoms with Crippen LogP contribution in [0, 0.1) is 0 Å². The number of nitrogens with one attached hydrogen (secondary N) is 2. The van der Waals surface area contributed by atoms with Crippen LogP contribution in [0.15, 0.2) is 193 Å². The third kappa shape index (κ3) is 9.29. The molecule has 0 amide bonds. The number of benzene rings is 8. The van der Waals surface area contributed by atoms with Crippen LogP contribution >= 0.6 is 0 Å². The number of carbonyl (C=O) groups is 2. The van der Waals surface area contributed by atoms with Gasteiger partial charge in [-0.1, -0.05) is 170 Å². The molecule has 0 atom stereocenters. The summed E-state index contributed by atoms with van der Waals surface area (Å²) in [5.74, 6) is 0.0976. The summed E-state index contributed by atoms with van der Waals surface area (Å²) < 4.78 is 0. The van der Waals surface area contributed by atoms with E-state index in [1.807, 2.05) is 48.5 Å². The molecule has 4 nitrogen and oxygen atoms in total. The third-order valence-electron chi connectivity index (χ3n) is 10.3. The maximum atomic E-state index is 13.6. The quantitative estimate of drug-likeness (QED) is 0.0815. The molecule has 0 bridgehead atoms. The van der Waals surface area contributed by atoms with Crippen molar-refractivity contribution in [3.63, 3.8) is 0 Å². The second kappa shape index (κ2) is 17.1. The van der Waals surface area contributed by atoms with E-state index in [1.54, 1.807) is 12.2 Å². The molecule has 0 radical (unpaired) electrons. The van der Waals surface area contributed by atoms with Crippen LogP contribution < -0.4 is 10.6 Å². The van der Waals surface area contributed by atoms with Gasteiger partial charge < -0.3 is 10.6 Å². The van der Waals surface area contributed by atoms with Crippen molar-refractivity contribution in [1.82, 2.24) is 10.6 Å². The molecular formula is C52H44N2O2. The molecule has 0 saturated carbocycles. The third-order valence-corrected chi connectivity index (χ3v) is 10.3. The highest BCUT2D eigenvalue weighted by atomic mass is 16.1. The molecule has 0 heterocycles. The van der Waals surface area contributed by atoms with Gasteiger partial charge in [-0.05, 0) is 65.3 Å². The minimum Gasteiger partial charge on any atom is -0.386 e. The second-order valence-corrected chi connectivity index (χ2v) is 14.6. The Balaban J connectivity index is 0.993. The Hall–Kier alpha value is -6.78. The van der Waals surface area contributed by atoms with Gasteiger partial charge in [-0.15, -0.1) is 0 Å². The zero-order valence-electron chi connectivity index (χ0n) is 31.4. The van der Waals surface area contributed by atoms with Crippen LogP contribution in [0.3, 0.4) is 0 Å². The van der Waals surface area contributed by atoms with Crippen molar-refractivity contribution in [2.45, 2.75) is 25.7 Å². The summed E-state index contributed by atoms with van der Waals surface area (Å²) in [7, 11) is 0. The average molecular weight is 729 g/mol. The maximum Gasteiger partial charge on any atom is 0.161 e. The Morgan fingerprint density at radius 1 is 0.339 bits per heavy atom. The fourth-order valence-electron chi connectivity index (χ4n) is 7.50. The maximum absolute atomic E-state index is 13.6. The molecule has 0 unspecified atom stereocenters. The zero-order chi connectivity index (χ0) is 38.1. The van der Waals surface area contributed by atoms with Crippen molar-refractivity contribution < 1.29 is 9.59 Å². The molecule has 56 heavy (non-hydrogen) atoms. The lowest BCUT2D eigenvalue weighted by Crippen LogP contribution is -2.29. The number of hydrogen-bond acceptors (Lipinski definition) is 4. The van der Waals surface area contributed by atoms with Crippen LogP contribution in [-0.4, -0.2) is 24.7 Å². The molecule has 2 N–H and O–H groups in total. The van der Waals surface area contributed by atoms with Crippen molar-refractivity contribution in [3.8, 4) is 0 Å². The summed E-state index contributed by atoms with van der Waals surface area (Å²) in [5.41, 5.74) is 5.97. The monoisotopic (exact) mass is 728 g/mol. The minimum atomic E-state index is 0.0488.